The van der Waals surface area contributed by atoms with Crippen LogP contribution >= 0.6 is 0 Å². The summed E-state index contributed by atoms with van der Waals surface area (Å²) < 4.78 is 26.8. The zero-order valence-electron chi connectivity index (χ0n) is 16.2. The molecule has 1 heterocycles. The second kappa shape index (κ2) is 9.99. The van der Waals surface area contributed by atoms with Crippen LogP contribution in [0.3, 0.4) is 0 Å². The minimum atomic E-state index is -1.49. The van der Waals surface area contributed by atoms with Gasteiger partial charge in [0.15, 0.2) is 18.3 Å². The summed E-state index contributed by atoms with van der Waals surface area (Å²) in [7, 11) is 0. The number of benzene rings is 1. The van der Waals surface area contributed by atoms with Crippen molar-refractivity contribution < 1.29 is 42.9 Å². The maximum absolute atomic E-state index is 11.9. The molecule has 1 saturated heterocycles. The molecule has 0 saturated carbocycles. The van der Waals surface area contributed by atoms with Crippen LogP contribution in [0.5, 0.6) is 0 Å². The van der Waals surface area contributed by atoms with E-state index in [9.17, 15) is 19.2 Å². The predicted octanol–water partition coefficient (Wildman–Crippen LogP) is 0.209. The quantitative estimate of drug-likeness (QED) is 0.494. The van der Waals surface area contributed by atoms with Crippen molar-refractivity contribution in [2.24, 2.45) is 5.73 Å². The summed E-state index contributed by atoms with van der Waals surface area (Å²) in [6.07, 6.45) is -6.80. The lowest BCUT2D eigenvalue weighted by Gasteiger charge is -2.43. The Morgan fingerprint density at radius 3 is 1.93 bits per heavy atom. The number of carbonyl (C=O) groups excluding carboxylic acids is 4. The maximum Gasteiger partial charge on any atom is 0.305 e. The minimum absolute atomic E-state index is 0.0271. The first-order valence-electron chi connectivity index (χ1n) is 8.81. The van der Waals surface area contributed by atoms with Crippen molar-refractivity contribution in [1.29, 1.82) is 0 Å². The number of hydrogen-bond acceptors (Lipinski definition) is 9. The largest absolute Gasteiger partial charge is 0.456 e. The van der Waals surface area contributed by atoms with Crippen LogP contribution in [0, 0.1) is 0 Å². The van der Waals surface area contributed by atoms with Crippen LogP contribution in [-0.4, -0.2) is 54.5 Å². The van der Waals surface area contributed by atoms with Crippen molar-refractivity contribution in [2.75, 3.05) is 0 Å². The Morgan fingerprint density at radius 2 is 1.41 bits per heavy atom. The highest BCUT2D eigenvalue weighted by atomic mass is 16.7. The van der Waals surface area contributed by atoms with Crippen molar-refractivity contribution >= 4 is 23.8 Å². The fourth-order valence-electron chi connectivity index (χ4n) is 2.89. The molecule has 1 aliphatic rings. The molecule has 10 heteroatoms. The minimum Gasteiger partial charge on any atom is -0.456 e. The van der Waals surface area contributed by atoms with E-state index < -0.39 is 54.5 Å². The third kappa shape index (κ3) is 6.26. The lowest BCUT2D eigenvalue weighted by Crippen LogP contribution is -2.64. The van der Waals surface area contributed by atoms with E-state index in [1.54, 1.807) is 24.3 Å². The Kier molecular flexibility index (Phi) is 7.68. The van der Waals surface area contributed by atoms with E-state index in [0.717, 1.165) is 26.3 Å². The van der Waals surface area contributed by atoms with Crippen LogP contribution in [0.25, 0.3) is 0 Å². The van der Waals surface area contributed by atoms with E-state index in [0.29, 0.717) is 0 Å². The van der Waals surface area contributed by atoms with Gasteiger partial charge in [-0.1, -0.05) is 30.3 Å². The number of nitrogens with two attached hydrogens (primary N) is 1. The Labute approximate surface area is 167 Å². The van der Waals surface area contributed by atoms with Crippen LogP contribution in [0.15, 0.2) is 30.3 Å². The lowest BCUT2D eigenvalue weighted by atomic mass is 9.97. The monoisotopic (exact) mass is 409 g/mol. The van der Waals surface area contributed by atoms with Gasteiger partial charge in [-0.05, 0) is 5.56 Å². The molecule has 0 bridgehead atoms. The van der Waals surface area contributed by atoms with Crippen LogP contribution in [0.1, 0.15) is 26.3 Å². The van der Waals surface area contributed by atoms with E-state index in [-0.39, 0.29) is 6.61 Å². The second-order valence-electron chi connectivity index (χ2n) is 6.35. The van der Waals surface area contributed by atoms with Crippen LogP contribution in [-0.2, 0) is 49.5 Å². The third-order valence-corrected chi connectivity index (χ3v) is 3.95. The van der Waals surface area contributed by atoms with Crippen LogP contribution in [0.2, 0.25) is 0 Å². The van der Waals surface area contributed by atoms with E-state index in [1.807, 2.05) is 6.07 Å². The number of primary amides is 1. The number of rotatable bonds is 7. The fourth-order valence-corrected chi connectivity index (χ4v) is 2.89. The average Bonchev–Trinajstić information content (AvgIpc) is 2.62. The molecule has 158 valence electrons. The smallest absolute Gasteiger partial charge is 0.305 e. The normalized spacial score (nSPS) is 26.2. The number of carbonyl (C=O) groups is 4. The van der Waals surface area contributed by atoms with Crippen molar-refractivity contribution in [1.82, 2.24) is 0 Å². The topological polar surface area (TPSA) is 140 Å². The van der Waals surface area contributed by atoms with Gasteiger partial charge >= 0.3 is 17.9 Å². The number of amides is 1. The molecule has 1 aromatic rings. The van der Waals surface area contributed by atoms with Crippen LogP contribution < -0.4 is 5.73 Å². The summed E-state index contributed by atoms with van der Waals surface area (Å²) in [5, 5.41) is 0. The summed E-state index contributed by atoms with van der Waals surface area (Å²) in [6, 6.07) is 8.99. The highest BCUT2D eigenvalue weighted by Gasteiger charge is 2.54. The van der Waals surface area contributed by atoms with Gasteiger partial charge in [0.05, 0.1) is 6.61 Å². The van der Waals surface area contributed by atoms with E-state index in [1.165, 1.54) is 0 Å². The molecule has 0 unspecified atom stereocenters. The molecule has 10 nitrogen and oxygen atoms in total. The first-order chi connectivity index (χ1) is 13.7. The SMILES string of the molecule is CC(=O)O[C@H]1O[C@@H](C(N)=O)[C@@H](OC(C)=O)[C@H](OCc2ccccc2)[C@H]1OC(C)=O. The fraction of sp³-hybridized carbons (Fsp3) is 0.474. The molecular formula is C19H23NO9. The van der Waals surface area contributed by atoms with E-state index in [2.05, 4.69) is 0 Å². The molecular weight excluding hydrogens is 386 g/mol. The van der Waals surface area contributed by atoms with Gasteiger partial charge in [-0.15, -0.1) is 0 Å². The zero-order chi connectivity index (χ0) is 21.6. The zero-order valence-corrected chi connectivity index (χ0v) is 16.2. The van der Waals surface area contributed by atoms with Crippen molar-refractivity contribution in [3.05, 3.63) is 35.9 Å². The molecule has 1 aliphatic heterocycles. The van der Waals surface area contributed by atoms with E-state index in [4.69, 9.17) is 29.4 Å². The molecule has 0 spiro atoms. The standard InChI is InChI=1S/C19H23NO9/c1-10(21)26-15-14(25-9-13-7-5-4-6-8-13)17(27-11(2)22)19(28-12(3)23)29-16(15)18(20)24/h4-8,14-17,19H,9H2,1-3H3,(H2,20,24)/t14-,15-,16+,17+,19-/m0/s1. The maximum atomic E-state index is 11.9. The van der Waals surface area contributed by atoms with Crippen LogP contribution in [0.4, 0.5) is 0 Å². The molecule has 1 aromatic carbocycles. The van der Waals surface area contributed by atoms with Crippen molar-refractivity contribution in [3.8, 4) is 0 Å². The Morgan fingerprint density at radius 1 is 0.862 bits per heavy atom. The number of esters is 3. The Balaban J connectivity index is 2.40. The Bertz CT molecular complexity index is 751. The molecule has 1 amide bonds. The second-order valence-corrected chi connectivity index (χ2v) is 6.35. The van der Waals surface area contributed by atoms with Gasteiger partial charge in [-0.2, -0.15) is 0 Å². The average molecular weight is 409 g/mol. The van der Waals surface area contributed by atoms with E-state index >= 15 is 0 Å². The highest BCUT2D eigenvalue weighted by Crippen LogP contribution is 2.30. The summed E-state index contributed by atoms with van der Waals surface area (Å²) in [5.74, 6) is -3.17. The highest BCUT2D eigenvalue weighted by molar-refractivity contribution is 5.80. The van der Waals surface area contributed by atoms with Gasteiger partial charge in [0.1, 0.15) is 6.10 Å². The van der Waals surface area contributed by atoms with Gasteiger partial charge in [-0.25, -0.2) is 0 Å². The molecule has 1 fully saturated rings. The van der Waals surface area contributed by atoms with Gasteiger partial charge in [0.25, 0.3) is 5.91 Å². The Hall–Kier alpha value is -2.98. The molecule has 2 N–H and O–H groups in total. The number of hydrogen-bond donors (Lipinski definition) is 1. The third-order valence-electron chi connectivity index (χ3n) is 3.95. The first-order valence-corrected chi connectivity index (χ1v) is 8.81. The molecule has 2 rings (SSSR count). The first kappa shape index (κ1) is 22.3. The molecule has 0 aromatic heterocycles. The lowest BCUT2D eigenvalue weighted by molar-refractivity contribution is -0.295. The van der Waals surface area contributed by atoms with Gasteiger partial charge in [0, 0.05) is 20.8 Å². The summed E-state index contributed by atoms with van der Waals surface area (Å²) in [6.45, 7) is 3.41. The van der Waals surface area contributed by atoms with Gasteiger partial charge in [0.2, 0.25) is 6.29 Å². The molecule has 5 atom stereocenters. The van der Waals surface area contributed by atoms with Crippen molar-refractivity contribution in [3.63, 3.8) is 0 Å². The van der Waals surface area contributed by atoms with Gasteiger partial charge in [-0.3, -0.25) is 19.2 Å². The van der Waals surface area contributed by atoms with Crippen molar-refractivity contribution in [2.45, 2.75) is 58.1 Å². The summed E-state index contributed by atoms with van der Waals surface area (Å²) >= 11 is 0. The van der Waals surface area contributed by atoms with Gasteiger partial charge < -0.3 is 29.4 Å². The summed E-state index contributed by atoms with van der Waals surface area (Å²) in [4.78, 5) is 46.7. The molecule has 0 aliphatic carbocycles. The predicted molar refractivity (Wildman–Crippen MR) is 95.7 cm³/mol. The molecule has 0 radical (unpaired) electrons. The number of ether oxygens (including phenoxy) is 5. The molecule has 29 heavy (non-hydrogen) atoms. The summed E-state index contributed by atoms with van der Waals surface area (Å²) in [5.41, 5.74) is 6.15.